The third-order valence-electron chi connectivity index (χ3n) is 3.70. The van der Waals surface area contributed by atoms with E-state index in [1.54, 1.807) is 0 Å². The molecule has 0 aromatic heterocycles. The van der Waals surface area contributed by atoms with Gasteiger partial charge in [0.2, 0.25) is 0 Å². The molecule has 1 rings (SSSR count). The van der Waals surface area contributed by atoms with Gasteiger partial charge in [-0.3, -0.25) is 0 Å². The van der Waals surface area contributed by atoms with Crippen molar-refractivity contribution in [2.24, 2.45) is 5.41 Å². The molecule has 1 saturated heterocycles. The van der Waals surface area contributed by atoms with Crippen molar-refractivity contribution in [3.8, 4) is 0 Å². The molecule has 69 valence electrons. The van der Waals surface area contributed by atoms with Crippen molar-refractivity contribution in [3.63, 3.8) is 0 Å². The minimum absolute atomic E-state index is 0.00521. The van der Waals surface area contributed by atoms with Gasteiger partial charge in [0.05, 0.1) is 11.2 Å². The monoisotopic (exact) mass is 169 g/mol. The number of rotatable bonds is 0. The van der Waals surface area contributed by atoms with Crippen molar-refractivity contribution >= 4 is 7.69 Å². The Labute approximate surface area is 75.9 Å². The molecule has 0 aromatic rings. The van der Waals surface area contributed by atoms with E-state index in [0.717, 1.165) is 0 Å². The molecule has 0 aromatic carbocycles. The van der Waals surface area contributed by atoms with Gasteiger partial charge in [0.25, 0.3) is 0 Å². The lowest BCUT2D eigenvalue weighted by atomic mass is 9.64. The first kappa shape index (κ1) is 10.1. The van der Waals surface area contributed by atoms with Crippen molar-refractivity contribution < 1.29 is 9.31 Å². The van der Waals surface area contributed by atoms with Gasteiger partial charge in [0.15, 0.2) is 0 Å². The van der Waals surface area contributed by atoms with E-state index in [-0.39, 0.29) is 16.6 Å². The van der Waals surface area contributed by atoms with Crippen LogP contribution in [0.5, 0.6) is 0 Å². The molecule has 0 N–H and O–H groups in total. The summed E-state index contributed by atoms with van der Waals surface area (Å²) in [7, 11) is 1.46. The zero-order valence-electron chi connectivity index (χ0n) is 8.89. The van der Waals surface area contributed by atoms with E-state index in [4.69, 9.17) is 9.31 Å². The fourth-order valence-electron chi connectivity index (χ4n) is 1.28. The van der Waals surface area contributed by atoms with Gasteiger partial charge in [-0.2, -0.15) is 0 Å². The predicted octanol–water partition coefficient (Wildman–Crippen LogP) is 2.15. The van der Waals surface area contributed by atoms with E-state index in [9.17, 15) is 0 Å². The van der Waals surface area contributed by atoms with Gasteiger partial charge >= 0.3 is 7.69 Å². The maximum absolute atomic E-state index is 5.47. The SMILES string of the molecule is CC1(C)O[B]OC(C)(C)C1(C)C. The van der Waals surface area contributed by atoms with Crippen LogP contribution in [0, 0.1) is 5.41 Å². The summed E-state index contributed by atoms with van der Waals surface area (Å²) in [5.41, 5.74) is -0.349. The van der Waals surface area contributed by atoms with Gasteiger partial charge in [-0.25, -0.2) is 0 Å². The molecular formula is C9H18BO2. The smallest absolute Gasteiger partial charge is 0.408 e. The summed E-state index contributed by atoms with van der Waals surface area (Å²) < 4.78 is 10.9. The molecule has 0 aliphatic carbocycles. The van der Waals surface area contributed by atoms with Gasteiger partial charge in [0, 0.05) is 5.41 Å². The van der Waals surface area contributed by atoms with Crippen LogP contribution < -0.4 is 0 Å². The van der Waals surface area contributed by atoms with E-state index >= 15 is 0 Å². The van der Waals surface area contributed by atoms with Crippen molar-refractivity contribution in [2.75, 3.05) is 0 Å². The fourth-order valence-corrected chi connectivity index (χ4v) is 1.28. The van der Waals surface area contributed by atoms with Gasteiger partial charge in [-0.1, -0.05) is 13.8 Å². The second-order valence-electron chi connectivity index (χ2n) is 4.98. The maximum Gasteiger partial charge on any atom is 0.488 e. The highest BCUT2D eigenvalue weighted by Gasteiger charge is 2.52. The van der Waals surface area contributed by atoms with E-state index < -0.39 is 0 Å². The van der Waals surface area contributed by atoms with E-state index in [0.29, 0.717) is 0 Å². The molecule has 0 bridgehead atoms. The molecule has 1 heterocycles. The predicted molar refractivity (Wildman–Crippen MR) is 49.9 cm³/mol. The van der Waals surface area contributed by atoms with Gasteiger partial charge in [-0.05, 0) is 27.7 Å². The van der Waals surface area contributed by atoms with Crippen molar-refractivity contribution in [2.45, 2.75) is 52.7 Å². The van der Waals surface area contributed by atoms with Crippen LogP contribution in [-0.2, 0) is 9.31 Å². The lowest BCUT2D eigenvalue weighted by Crippen LogP contribution is -2.60. The maximum atomic E-state index is 5.47. The average Bonchev–Trinajstić information content (AvgIpc) is 1.83. The third kappa shape index (κ3) is 1.19. The Balaban J connectivity index is 2.99. The highest BCUT2D eigenvalue weighted by Crippen LogP contribution is 2.47. The van der Waals surface area contributed by atoms with Crippen LogP contribution in [0.4, 0.5) is 0 Å². The molecule has 0 unspecified atom stereocenters. The van der Waals surface area contributed by atoms with Crippen LogP contribution in [0.25, 0.3) is 0 Å². The van der Waals surface area contributed by atoms with Gasteiger partial charge < -0.3 is 9.31 Å². The molecule has 0 spiro atoms. The molecule has 0 amide bonds. The molecular weight excluding hydrogens is 151 g/mol. The average molecular weight is 169 g/mol. The molecule has 2 nitrogen and oxygen atoms in total. The Bertz CT molecular complexity index is 167. The third-order valence-corrected chi connectivity index (χ3v) is 3.70. The molecule has 12 heavy (non-hydrogen) atoms. The molecule has 3 heteroatoms. The molecule has 0 atom stereocenters. The first-order valence-electron chi connectivity index (χ1n) is 4.38. The first-order chi connectivity index (χ1) is 5.21. The topological polar surface area (TPSA) is 18.5 Å². The van der Waals surface area contributed by atoms with Crippen LogP contribution in [0.3, 0.4) is 0 Å². The highest BCUT2D eigenvalue weighted by atomic mass is 16.6. The largest absolute Gasteiger partial charge is 0.488 e. The molecule has 1 aliphatic heterocycles. The lowest BCUT2D eigenvalue weighted by Gasteiger charge is -2.55. The van der Waals surface area contributed by atoms with E-state index in [1.807, 2.05) is 0 Å². The summed E-state index contributed by atoms with van der Waals surface area (Å²) in [5.74, 6) is 0. The fraction of sp³-hybridized carbons (Fsp3) is 1.00. The zero-order valence-corrected chi connectivity index (χ0v) is 8.89. The molecule has 1 fully saturated rings. The first-order valence-corrected chi connectivity index (χ1v) is 4.38. The lowest BCUT2D eigenvalue weighted by molar-refractivity contribution is -0.173. The van der Waals surface area contributed by atoms with Gasteiger partial charge in [0.1, 0.15) is 0 Å². The van der Waals surface area contributed by atoms with Crippen LogP contribution in [0.15, 0.2) is 0 Å². The minimum Gasteiger partial charge on any atom is -0.408 e. The zero-order chi connectivity index (χ0) is 9.62. The van der Waals surface area contributed by atoms with Gasteiger partial charge in [-0.15, -0.1) is 0 Å². The Morgan fingerprint density at radius 2 is 1.08 bits per heavy atom. The Kier molecular flexibility index (Phi) is 2.09. The molecule has 0 saturated carbocycles. The van der Waals surface area contributed by atoms with Crippen molar-refractivity contribution in [3.05, 3.63) is 0 Å². The number of hydrogen-bond donors (Lipinski definition) is 0. The standard InChI is InChI=1S/C9H18BO2/c1-7(2)8(3,4)11-10-12-9(7,5)6/h1-6H3. The summed E-state index contributed by atoms with van der Waals surface area (Å²) in [5, 5.41) is 0. The van der Waals surface area contributed by atoms with Crippen LogP contribution in [-0.4, -0.2) is 18.9 Å². The molecule has 1 radical (unpaired) electrons. The Morgan fingerprint density at radius 3 is 1.33 bits per heavy atom. The van der Waals surface area contributed by atoms with Crippen LogP contribution in [0.2, 0.25) is 0 Å². The quantitative estimate of drug-likeness (QED) is 0.517. The summed E-state index contributed by atoms with van der Waals surface area (Å²) in [4.78, 5) is 0. The summed E-state index contributed by atoms with van der Waals surface area (Å²) in [6.07, 6.45) is 0. The van der Waals surface area contributed by atoms with Crippen LogP contribution in [0.1, 0.15) is 41.5 Å². The normalized spacial score (nSPS) is 30.8. The Morgan fingerprint density at radius 1 is 0.750 bits per heavy atom. The van der Waals surface area contributed by atoms with Crippen LogP contribution >= 0.6 is 0 Å². The Hall–Kier alpha value is -0.0151. The minimum atomic E-state index is -0.172. The van der Waals surface area contributed by atoms with E-state index in [2.05, 4.69) is 41.5 Å². The second-order valence-corrected chi connectivity index (χ2v) is 4.98. The summed E-state index contributed by atoms with van der Waals surface area (Å²) >= 11 is 0. The summed E-state index contributed by atoms with van der Waals surface area (Å²) in [6.45, 7) is 12.7. The second kappa shape index (κ2) is 2.49. The van der Waals surface area contributed by atoms with Crippen molar-refractivity contribution in [1.29, 1.82) is 0 Å². The number of hydrogen-bond acceptors (Lipinski definition) is 2. The molecule has 1 aliphatic rings. The van der Waals surface area contributed by atoms with Crippen molar-refractivity contribution in [1.82, 2.24) is 0 Å². The highest BCUT2D eigenvalue weighted by molar-refractivity contribution is 6.18. The van der Waals surface area contributed by atoms with E-state index in [1.165, 1.54) is 7.69 Å². The summed E-state index contributed by atoms with van der Waals surface area (Å²) in [6, 6.07) is 0.